The van der Waals surface area contributed by atoms with E-state index in [1.54, 1.807) is 10.9 Å². The molecule has 0 aliphatic rings. The van der Waals surface area contributed by atoms with Crippen LogP contribution in [0, 0.1) is 0 Å². The maximum Gasteiger partial charge on any atom is 0.163 e. The largest absolute Gasteiger partial charge is 0.387 e. The van der Waals surface area contributed by atoms with Gasteiger partial charge in [-0.1, -0.05) is 44.2 Å². The third kappa shape index (κ3) is 3.17. The molecule has 0 saturated heterocycles. The summed E-state index contributed by atoms with van der Waals surface area (Å²) in [6, 6.07) is 9.58. The normalized spacial score (nSPS) is 12.7. The number of benzene rings is 1. The van der Waals surface area contributed by atoms with Crippen LogP contribution in [0.4, 0.5) is 5.82 Å². The van der Waals surface area contributed by atoms with Crippen molar-refractivity contribution >= 4 is 16.9 Å². The Labute approximate surface area is 135 Å². The molecule has 2 aromatic heterocycles. The molecular weight excluding hydrogens is 290 g/mol. The zero-order valence-electron chi connectivity index (χ0n) is 13.6. The maximum absolute atomic E-state index is 10.3. The van der Waals surface area contributed by atoms with Crippen molar-refractivity contribution in [2.75, 3.05) is 11.9 Å². The fraction of sp³-hybridized carbons (Fsp3) is 0.353. The van der Waals surface area contributed by atoms with Gasteiger partial charge in [0.05, 0.1) is 17.7 Å². The smallest absolute Gasteiger partial charge is 0.163 e. The topological polar surface area (TPSA) is 75.9 Å². The number of aromatic nitrogens is 4. The van der Waals surface area contributed by atoms with E-state index in [1.165, 1.54) is 0 Å². The van der Waals surface area contributed by atoms with Gasteiger partial charge in [-0.05, 0) is 5.56 Å². The Morgan fingerprint density at radius 2 is 1.91 bits per heavy atom. The number of aliphatic hydroxyl groups excluding tert-OH is 1. The van der Waals surface area contributed by atoms with Gasteiger partial charge in [0.1, 0.15) is 11.6 Å². The number of aliphatic hydroxyl groups is 1. The van der Waals surface area contributed by atoms with E-state index < -0.39 is 6.10 Å². The number of rotatable bonds is 5. The molecule has 23 heavy (non-hydrogen) atoms. The molecule has 1 aromatic carbocycles. The fourth-order valence-corrected chi connectivity index (χ4v) is 2.42. The Morgan fingerprint density at radius 1 is 1.17 bits per heavy atom. The van der Waals surface area contributed by atoms with Crippen molar-refractivity contribution in [2.24, 2.45) is 7.05 Å². The molecule has 0 spiro atoms. The highest BCUT2D eigenvalue weighted by Crippen LogP contribution is 2.23. The van der Waals surface area contributed by atoms with Gasteiger partial charge in [-0.25, -0.2) is 9.97 Å². The molecule has 0 radical (unpaired) electrons. The molecule has 3 rings (SSSR count). The molecule has 6 heteroatoms. The molecule has 0 aliphatic carbocycles. The number of anilines is 1. The molecule has 6 nitrogen and oxygen atoms in total. The van der Waals surface area contributed by atoms with Crippen LogP contribution in [0.15, 0.2) is 36.5 Å². The molecule has 2 heterocycles. The number of nitrogens with one attached hydrogen (secondary N) is 1. The third-order valence-corrected chi connectivity index (χ3v) is 3.77. The van der Waals surface area contributed by atoms with Gasteiger partial charge in [0.15, 0.2) is 5.65 Å². The Bertz CT molecular complexity index is 797. The summed E-state index contributed by atoms with van der Waals surface area (Å²) < 4.78 is 1.74. The molecule has 0 bridgehead atoms. The summed E-state index contributed by atoms with van der Waals surface area (Å²) in [5, 5.41) is 18.7. The quantitative estimate of drug-likeness (QED) is 0.757. The van der Waals surface area contributed by atoms with Crippen LogP contribution in [-0.4, -0.2) is 31.4 Å². The SMILES string of the molecule is CC(C)c1nc(NC[C@H](O)c2ccccc2)c2cnn(C)c2n1. The average molecular weight is 311 g/mol. The summed E-state index contributed by atoms with van der Waals surface area (Å²) in [6.07, 6.45) is 1.15. The molecule has 2 N–H and O–H groups in total. The molecule has 1 atom stereocenters. The van der Waals surface area contributed by atoms with Gasteiger partial charge >= 0.3 is 0 Å². The molecule has 0 amide bonds. The molecule has 3 aromatic rings. The minimum Gasteiger partial charge on any atom is -0.387 e. The fourth-order valence-electron chi connectivity index (χ4n) is 2.42. The second-order valence-electron chi connectivity index (χ2n) is 5.90. The standard InChI is InChI=1S/C17H21N5O/c1-11(2)15-20-16(13-9-19-22(3)17(13)21-15)18-10-14(23)12-7-5-4-6-8-12/h4-9,11,14,23H,10H2,1-3H3,(H,18,20,21)/t14-/m0/s1. The first-order valence-corrected chi connectivity index (χ1v) is 7.72. The first-order chi connectivity index (χ1) is 11.1. The summed E-state index contributed by atoms with van der Waals surface area (Å²) >= 11 is 0. The molecule has 0 fully saturated rings. The van der Waals surface area contributed by atoms with Crippen LogP contribution < -0.4 is 5.32 Å². The number of hydrogen-bond acceptors (Lipinski definition) is 5. The minimum absolute atomic E-state index is 0.217. The Balaban J connectivity index is 1.87. The average Bonchev–Trinajstić information content (AvgIpc) is 2.94. The van der Waals surface area contributed by atoms with Crippen molar-refractivity contribution in [2.45, 2.75) is 25.9 Å². The summed E-state index contributed by atoms with van der Waals surface area (Å²) in [5.41, 5.74) is 1.67. The lowest BCUT2D eigenvalue weighted by atomic mass is 10.1. The van der Waals surface area contributed by atoms with Crippen molar-refractivity contribution in [3.05, 3.63) is 47.9 Å². The Morgan fingerprint density at radius 3 is 2.61 bits per heavy atom. The minimum atomic E-state index is -0.597. The van der Waals surface area contributed by atoms with Crippen molar-refractivity contribution < 1.29 is 5.11 Å². The zero-order chi connectivity index (χ0) is 16.4. The van der Waals surface area contributed by atoms with Gasteiger partial charge in [-0.3, -0.25) is 4.68 Å². The molecular formula is C17H21N5O. The summed E-state index contributed by atoms with van der Waals surface area (Å²) in [4.78, 5) is 9.16. The molecule has 0 saturated carbocycles. The van der Waals surface area contributed by atoms with Crippen LogP contribution >= 0.6 is 0 Å². The number of hydrogen-bond donors (Lipinski definition) is 2. The third-order valence-electron chi connectivity index (χ3n) is 3.77. The molecule has 0 unspecified atom stereocenters. The summed E-state index contributed by atoms with van der Waals surface area (Å²) in [7, 11) is 1.86. The van der Waals surface area contributed by atoms with Gasteiger partial charge in [0, 0.05) is 19.5 Å². The van der Waals surface area contributed by atoms with Crippen LogP contribution in [0.1, 0.15) is 37.3 Å². The van der Waals surface area contributed by atoms with E-state index in [9.17, 15) is 5.11 Å². The van der Waals surface area contributed by atoms with Crippen LogP contribution in [-0.2, 0) is 7.05 Å². The van der Waals surface area contributed by atoms with E-state index >= 15 is 0 Å². The second-order valence-corrected chi connectivity index (χ2v) is 5.90. The van der Waals surface area contributed by atoms with E-state index in [0.717, 1.165) is 22.4 Å². The number of aryl methyl sites for hydroxylation is 1. The zero-order valence-corrected chi connectivity index (χ0v) is 13.6. The van der Waals surface area contributed by atoms with E-state index in [4.69, 9.17) is 0 Å². The lowest BCUT2D eigenvalue weighted by molar-refractivity contribution is 0.191. The van der Waals surface area contributed by atoms with Crippen molar-refractivity contribution in [1.29, 1.82) is 0 Å². The van der Waals surface area contributed by atoms with Gasteiger partial charge in [0.2, 0.25) is 0 Å². The van der Waals surface area contributed by atoms with E-state index in [-0.39, 0.29) is 5.92 Å². The predicted molar refractivity (Wildman–Crippen MR) is 90.3 cm³/mol. The predicted octanol–water partition coefficient (Wildman–Crippen LogP) is 2.63. The second kappa shape index (κ2) is 6.34. The number of nitrogens with zero attached hydrogens (tertiary/aromatic N) is 4. The first kappa shape index (κ1) is 15.4. The highest BCUT2D eigenvalue weighted by Gasteiger charge is 2.15. The van der Waals surface area contributed by atoms with Crippen molar-refractivity contribution in [3.8, 4) is 0 Å². The van der Waals surface area contributed by atoms with Gasteiger partial charge < -0.3 is 10.4 Å². The maximum atomic E-state index is 10.3. The van der Waals surface area contributed by atoms with Gasteiger partial charge in [0.25, 0.3) is 0 Å². The van der Waals surface area contributed by atoms with Crippen LogP contribution in [0.5, 0.6) is 0 Å². The van der Waals surface area contributed by atoms with E-state index in [1.807, 2.05) is 37.4 Å². The van der Waals surface area contributed by atoms with Gasteiger partial charge in [-0.15, -0.1) is 0 Å². The van der Waals surface area contributed by atoms with Crippen molar-refractivity contribution in [3.63, 3.8) is 0 Å². The number of fused-ring (bicyclic) bond motifs is 1. The summed E-state index contributed by atoms with van der Waals surface area (Å²) in [5.74, 6) is 1.69. The summed E-state index contributed by atoms with van der Waals surface area (Å²) in [6.45, 7) is 4.49. The highest BCUT2D eigenvalue weighted by molar-refractivity contribution is 5.86. The van der Waals surface area contributed by atoms with Crippen molar-refractivity contribution in [1.82, 2.24) is 19.7 Å². The Kier molecular flexibility index (Phi) is 4.25. The van der Waals surface area contributed by atoms with Gasteiger partial charge in [-0.2, -0.15) is 5.10 Å². The molecule has 120 valence electrons. The lowest BCUT2D eigenvalue weighted by Gasteiger charge is -2.14. The van der Waals surface area contributed by atoms with Crippen LogP contribution in [0.25, 0.3) is 11.0 Å². The van der Waals surface area contributed by atoms with Crippen LogP contribution in [0.3, 0.4) is 0 Å². The monoisotopic (exact) mass is 311 g/mol. The van der Waals surface area contributed by atoms with E-state index in [2.05, 4.69) is 34.2 Å². The van der Waals surface area contributed by atoms with Crippen LogP contribution in [0.2, 0.25) is 0 Å². The molecule has 0 aliphatic heterocycles. The first-order valence-electron chi connectivity index (χ1n) is 7.72. The van der Waals surface area contributed by atoms with E-state index in [0.29, 0.717) is 12.4 Å². The lowest BCUT2D eigenvalue weighted by Crippen LogP contribution is -2.14. The highest BCUT2D eigenvalue weighted by atomic mass is 16.3. The Hall–Kier alpha value is -2.47.